The number of hydrogen-bond acceptors (Lipinski definition) is 3. The minimum Gasteiger partial charge on any atom is -0.481 e. The van der Waals surface area contributed by atoms with Gasteiger partial charge in [0.25, 0.3) is 5.91 Å². The molecule has 0 saturated heterocycles. The summed E-state index contributed by atoms with van der Waals surface area (Å²) in [5.41, 5.74) is 2.07. The summed E-state index contributed by atoms with van der Waals surface area (Å²) in [5.74, 6) is -1.60. The third kappa shape index (κ3) is 3.32. The molecule has 2 aromatic rings. The molecule has 1 aromatic carbocycles. The van der Waals surface area contributed by atoms with Crippen molar-refractivity contribution in [3.8, 4) is 5.69 Å². The number of aromatic nitrogens is 2. The number of amides is 1. The quantitative estimate of drug-likeness (QED) is 0.884. The lowest BCUT2D eigenvalue weighted by molar-refractivity contribution is -0.141. The number of nitrogens with zero attached hydrogens (tertiary/aromatic N) is 3. The van der Waals surface area contributed by atoms with Gasteiger partial charge in [0.1, 0.15) is 0 Å². The number of carbonyl (C=O) groups is 2. The largest absolute Gasteiger partial charge is 0.481 e. The third-order valence-corrected chi connectivity index (χ3v) is 4.29. The lowest BCUT2D eigenvalue weighted by Crippen LogP contribution is -2.38. The molecule has 1 fully saturated rings. The van der Waals surface area contributed by atoms with E-state index in [1.165, 1.54) is 0 Å². The molecule has 1 amide bonds. The first-order valence-corrected chi connectivity index (χ1v) is 8.13. The van der Waals surface area contributed by atoms with Crippen LogP contribution in [-0.4, -0.2) is 44.3 Å². The predicted molar refractivity (Wildman–Crippen MR) is 89.2 cm³/mol. The molecule has 1 N–H and O–H groups in total. The zero-order valence-corrected chi connectivity index (χ0v) is 13.8. The molecule has 1 unspecified atom stereocenters. The van der Waals surface area contributed by atoms with Crippen molar-refractivity contribution >= 4 is 11.9 Å². The molecule has 1 aliphatic rings. The fraction of sp³-hybridized carbons (Fsp3) is 0.389. The normalized spacial score (nSPS) is 15.1. The van der Waals surface area contributed by atoms with E-state index in [-0.39, 0.29) is 18.5 Å². The van der Waals surface area contributed by atoms with Gasteiger partial charge in [0.15, 0.2) is 0 Å². The number of aryl methyl sites for hydroxylation is 1. The average molecular weight is 327 g/mol. The number of para-hydroxylation sites is 1. The smallest absolute Gasteiger partial charge is 0.308 e. The van der Waals surface area contributed by atoms with Crippen LogP contribution in [0.4, 0.5) is 0 Å². The van der Waals surface area contributed by atoms with Crippen LogP contribution in [0.25, 0.3) is 5.69 Å². The summed E-state index contributed by atoms with van der Waals surface area (Å²) in [4.78, 5) is 25.8. The number of hydrogen-bond donors (Lipinski definition) is 1. The van der Waals surface area contributed by atoms with Crippen LogP contribution in [0.15, 0.2) is 36.5 Å². The number of carbonyl (C=O) groups excluding carboxylic acids is 1. The summed E-state index contributed by atoms with van der Waals surface area (Å²) in [6.45, 7) is 3.67. The molecule has 0 radical (unpaired) electrons. The fourth-order valence-electron chi connectivity index (χ4n) is 2.69. The molecule has 0 aliphatic heterocycles. The average Bonchev–Trinajstić information content (AvgIpc) is 3.34. The molecule has 1 heterocycles. The maximum Gasteiger partial charge on any atom is 0.308 e. The van der Waals surface area contributed by atoms with Gasteiger partial charge < -0.3 is 10.0 Å². The van der Waals surface area contributed by atoms with Crippen LogP contribution >= 0.6 is 0 Å². The van der Waals surface area contributed by atoms with E-state index in [4.69, 9.17) is 5.11 Å². The first kappa shape index (κ1) is 16.2. The number of aliphatic carboxylic acids is 1. The number of carboxylic acids is 1. The van der Waals surface area contributed by atoms with Crippen molar-refractivity contribution in [2.45, 2.75) is 32.7 Å². The number of carboxylic acid groups (broad SMARTS) is 1. The van der Waals surface area contributed by atoms with Crippen molar-refractivity contribution in [3.05, 3.63) is 47.8 Å². The Morgan fingerprint density at radius 2 is 2.00 bits per heavy atom. The summed E-state index contributed by atoms with van der Waals surface area (Å²) < 4.78 is 1.69. The Kier molecular flexibility index (Phi) is 4.38. The number of benzene rings is 1. The van der Waals surface area contributed by atoms with E-state index in [1.54, 1.807) is 29.6 Å². The van der Waals surface area contributed by atoms with Gasteiger partial charge in [0.2, 0.25) is 0 Å². The molecule has 126 valence electrons. The zero-order chi connectivity index (χ0) is 17.3. The lowest BCUT2D eigenvalue weighted by atomic mass is 10.1. The molecule has 6 nitrogen and oxygen atoms in total. The van der Waals surface area contributed by atoms with E-state index in [1.807, 2.05) is 30.3 Å². The molecule has 1 saturated carbocycles. The van der Waals surface area contributed by atoms with Gasteiger partial charge in [0.05, 0.1) is 22.9 Å². The summed E-state index contributed by atoms with van der Waals surface area (Å²) >= 11 is 0. The second-order valence-corrected chi connectivity index (χ2v) is 6.34. The lowest BCUT2D eigenvalue weighted by Gasteiger charge is -2.24. The van der Waals surface area contributed by atoms with Gasteiger partial charge in [0, 0.05) is 18.8 Å². The van der Waals surface area contributed by atoms with Gasteiger partial charge in [-0.25, -0.2) is 4.68 Å². The Bertz CT molecular complexity index is 750. The Labute approximate surface area is 140 Å². The van der Waals surface area contributed by atoms with E-state index >= 15 is 0 Å². The maximum absolute atomic E-state index is 12.9. The fourth-order valence-corrected chi connectivity index (χ4v) is 2.69. The van der Waals surface area contributed by atoms with E-state index in [0.29, 0.717) is 11.3 Å². The minimum atomic E-state index is -0.884. The summed E-state index contributed by atoms with van der Waals surface area (Å²) in [6.07, 6.45) is 3.60. The van der Waals surface area contributed by atoms with Crippen molar-refractivity contribution in [1.29, 1.82) is 0 Å². The molecular weight excluding hydrogens is 306 g/mol. The molecular formula is C18H21N3O3. The highest BCUT2D eigenvalue weighted by molar-refractivity contribution is 5.95. The van der Waals surface area contributed by atoms with Crippen molar-refractivity contribution < 1.29 is 14.7 Å². The van der Waals surface area contributed by atoms with Crippen LogP contribution in [0.2, 0.25) is 0 Å². The van der Waals surface area contributed by atoms with Crippen LogP contribution in [0.1, 0.15) is 35.8 Å². The highest BCUT2D eigenvalue weighted by Gasteiger charge is 2.36. The van der Waals surface area contributed by atoms with E-state index < -0.39 is 11.9 Å². The molecule has 0 bridgehead atoms. The van der Waals surface area contributed by atoms with Crippen LogP contribution in [0.3, 0.4) is 0 Å². The SMILES string of the molecule is Cc1nn(-c2ccccc2)cc1C(=O)N(CC(C)C(=O)O)C1CC1. The van der Waals surface area contributed by atoms with E-state index in [0.717, 1.165) is 18.5 Å². The van der Waals surface area contributed by atoms with Crippen molar-refractivity contribution in [1.82, 2.24) is 14.7 Å². The van der Waals surface area contributed by atoms with Crippen LogP contribution < -0.4 is 0 Å². The Morgan fingerprint density at radius 1 is 1.33 bits per heavy atom. The van der Waals surface area contributed by atoms with Gasteiger partial charge in [-0.1, -0.05) is 25.1 Å². The van der Waals surface area contributed by atoms with Crippen LogP contribution in [-0.2, 0) is 4.79 Å². The van der Waals surface area contributed by atoms with E-state index in [2.05, 4.69) is 5.10 Å². The first-order valence-electron chi connectivity index (χ1n) is 8.13. The standard InChI is InChI=1S/C18H21N3O3/c1-12(18(23)24)10-20(14-8-9-14)17(22)16-11-21(19-13(16)2)15-6-4-3-5-7-15/h3-7,11-12,14H,8-10H2,1-2H3,(H,23,24). The van der Waals surface area contributed by atoms with Crippen LogP contribution in [0.5, 0.6) is 0 Å². The summed E-state index contributed by atoms with van der Waals surface area (Å²) in [6, 6.07) is 9.75. The molecule has 1 aromatic heterocycles. The minimum absolute atomic E-state index is 0.134. The van der Waals surface area contributed by atoms with Gasteiger partial charge in [-0.15, -0.1) is 0 Å². The van der Waals surface area contributed by atoms with Crippen molar-refractivity contribution in [2.24, 2.45) is 5.92 Å². The topological polar surface area (TPSA) is 75.4 Å². The third-order valence-electron chi connectivity index (χ3n) is 4.29. The maximum atomic E-state index is 12.9. The molecule has 1 aliphatic carbocycles. The molecule has 24 heavy (non-hydrogen) atoms. The Hall–Kier alpha value is -2.63. The predicted octanol–water partition coefficient (Wildman–Crippen LogP) is 2.51. The number of rotatable bonds is 6. The summed E-state index contributed by atoms with van der Waals surface area (Å²) in [5, 5.41) is 13.6. The second-order valence-electron chi connectivity index (χ2n) is 6.34. The first-order chi connectivity index (χ1) is 11.5. The zero-order valence-electron chi connectivity index (χ0n) is 13.8. The second kappa shape index (κ2) is 6.47. The Morgan fingerprint density at radius 3 is 2.58 bits per heavy atom. The molecule has 1 atom stereocenters. The highest BCUT2D eigenvalue weighted by Crippen LogP contribution is 2.29. The van der Waals surface area contributed by atoms with Gasteiger partial charge in [-0.3, -0.25) is 9.59 Å². The molecule has 6 heteroatoms. The van der Waals surface area contributed by atoms with Gasteiger partial charge >= 0.3 is 5.97 Å². The van der Waals surface area contributed by atoms with Crippen LogP contribution in [0, 0.1) is 12.8 Å². The van der Waals surface area contributed by atoms with Crippen molar-refractivity contribution in [2.75, 3.05) is 6.54 Å². The monoisotopic (exact) mass is 327 g/mol. The Balaban J connectivity index is 1.85. The highest BCUT2D eigenvalue weighted by atomic mass is 16.4. The van der Waals surface area contributed by atoms with E-state index in [9.17, 15) is 9.59 Å². The molecule has 0 spiro atoms. The van der Waals surface area contributed by atoms with Gasteiger partial charge in [-0.2, -0.15) is 5.10 Å². The molecule has 3 rings (SSSR count). The van der Waals surface area contributed by atoms with Gasteiger partial charge in [-0.05, 0) is 31.9 Å². The summed E-state index contributed by atoms with van der Waals surface area (Å²) in [7, 11) is 0. The van der Waals surface area contributed by atoms with Crippen molar-refractivity contribution in [3.63, 3.8) is 0 Å².